The zero-order chi connectivity index (χ0) is 13.2. The van der Waals surface area contributed by atoms with E-state index in [1.165, 1.54) is 0 Å². The van der Waals surface area contributed by atoms with E-state index in [2.05, 4.69) is 0 Å². The van der Waals surface area contributed by atoms with E-state index in [0.29, 0.717) is 6.54 Å². The van der Waals surface area contributed by atoms with Crippen LogP contribution in [-0.2, 0) is 4.79 Å². The lowest BCUT2D eigenvalue weighted by Gasteiger charge is -2.33. The van der Waals surface area contributed by atoms with Gasteiger partial charge in [0.1, 0.15) is 5.75 Å². The zero-order valence-electron chi connectivity index (χ0n) is 10.7. The molecule has 1 atom stereocenters. The number of rotatable bonds is 2. The van der Waals surface area contributed by atoms with Gasteiger partial charge in [-0.3, -0.25) is 4.79 Å². The predicted octanol–water partition coefficient (Wildman–Crippen LogP) is 3.17. The summed E-state index contributed by atoms with van der Waals surface area (Å²) < 4.78 is 5.87. The molecule has 0 radical (unpaired) electrons. The molecular formula is C16H15NO2. The fourth-order valence-electron chi connectivity index (χ4n) is 2.38. The van der Waals surface area contributed by atoms with Crippen LogP contribution in [0.1, 0.15) is 18.6 Å². The molecule has 1 aliphatic rings. The van der Waals surface area contributed by atoms with Crippen LogP contribution in [0.25, 0.3) is 0 Å². The van der Waals surface area contributed by atoms with Gasteiger partial charge < -0.3 is 9.64 Å². The van der Waals surface area contributed by atoms with Crippen molar-refractivity contribution in [3.05, 3.63) is 60.2 Å². The van der Waals surface area contributed by atoms with E-state index < -0.39 is 6.10 Å². The fourth-order valence-corrected chi connectivity index (χ4v) is 2.38. The van der Waals surface area contributed by atoms with E-state index in [4.69, 9.17) is 4.74 Å². The Morgan fingerprint density at radius 1 is 1.05 bits per heavy atom. The predicted molar refractivity (Wildman–Crippen MR) is 74.3 cm³/mol. The summed E-state index contributed by atoms with van der Waals surface area (Å²) >= 11 is 0. The van der Waals surface area contributed by atoms with Gasteiger partial charge in [0.25, 0.3) is 5.91 Å². The van der Waals surface area contributed by atoms with Crippen molar-refractivity contribution in [3.63, 3.8) is 0 Å². The first kappa shape index (κ1) is 11.8. The third kappa shape index (κ3) is 1.97. The second kappa shape index (κ2) is 4.76. The summed E-state index contributed by atoms with van der Waals surface area (Å²) in [7, 11) is 0. The molecule has 0 saturated carbocycles. The van der Waals surface area contributed by atoms with Crippen LogP contribution in [0.15, 0.2) is 54.6 Å². The highest BCUT2D eigenvalue weighted by Crippen LogP contribution is 2.38. The first-order chi connectivity index (χ1) is 9.31. The third-order valence-electron chi connectivity index (χ3n) is 3.31. The van der Waals surface area contributed by atoms with Crippen molar-refractivity contribution < 1.29 is 9.53 Å². The highest BCUT2D eigenvalue weighted by atomic mass is 16.5. The molecule has 0 bridgehead atoms. The third-order valence-corrected chi connectivity index (χ3v) is 3.31. The molecule has 3 nitrogen and oxygen atoms in total. The molecular weight excluding hydrogens is 238 g/mol. The zero-order valence-corrected chi connectivity index (χ0v) is 10.7. The lowest BCUT2D eigenvalue weighted by atomic mass is 10.1. The fraction of sp³-hybridized carbons (Fsp3) is 0.188. The average molecular weight is 253 g/mol. The van der Waals surface area contributed by atoms with Gasteiger partial charge in [-0.15, -0.1) is 0 Å². The molecule has 1 amide bonds. The van der Waals surface area contributed by atoms with Crippen molar-refractivity contribution in [2.75, 3.05) is 11.4 Å². The standard InChI is InChI=1S/C16H15NO2/c1-2-17-13-10-6-7-11-14(13)19-15(16(17)18)12-8-4-3-5-9-12/h3-11,15H,2H2,1H3. The number of likely N-dealkylation sites (N-methyl/N-ethyl adjacent to an activating group) is 1. The molecule has 19 heavy (non-hydrogen) atoms. The molecule has 0 aromatic heterocycles. The molecule has 96 valence electrons. The molecule has 0 N–H and O–H groups in total. The molecule has 0 fully saturated rings. The monoisotopic (exact) mass is 253 g/mol. The molecule has 3 heteroatoms. The van der Waals surface area contributed by atoms with Crippen molar-refractivity contribution in [2.45, 2.75) is 13.0 Å². The maximum Gasteiger partial charge on any atom is 0.272 e. The Morgan fingerprint density at radius 3 is 2.47 bits per heavy atom. The van der Waals surface area contributed by atoms with Crippen molar-refractivity contribution in [1.82, 2.24) is 0 Å². The Hall–Kier alpha value is -2.29. The number of anilines is 1. The Labute approximate surface area is 112 Å². The lowest BCUT2D eigenvalue weighted by molar-refractivity contribution is -0.126. The number of hydrogen-bond acceptors (Lipinski definition) is 2. The maximum absolute atomic E-state index is 12.5. The van der Waals surface area contributed by atoms with Crippen LogP contribution in [0.4, 0.5) is 5.69 Å². The summed E-state index contributed by atoms with van der Waals surface area (Å²) in [5, 5.41) is 0. The summed E-state index contributed by atoms with van der Waals surface area (Å²) in [6.07, 6.45) is -0.545. The van der Waals surface area contributed by atoms with Gasteiger partial charge in [0.15, 0.2) is 0 Å². The van der Waals surface area contributed by atoms with Crippen LogP contribution >= 0.6 is 0 Å². The first-order valence-electron chi connectivity index (χ1n) is 6.43. The number of hydrogen-bond donors (Lipinski definition) is 0. The van der Waals surface area contributed by atoms with Gasteiger partial charge in [-0.2, -0.15) is 0 Å². The largest absolute Gasteiger partial charge is 0.474 e. The first-order valence-corrected chi connectivity index (χ1v) is 6.43. The number of benzene rings is 2. The topological polar surface area (TPSA) is 29.5 Å². The van der Waals surface area contributed by atoms with Gasteiger partial charge in [0, 0.05) is 12.1 Å². The molecule has 1 aliphatic heterocycles. The number of nitrogens with zero attached hydrogens (tertiary/aromatic N) is 1. The molecule has 2 aromatic rings. The minimum absolute atomic E-state index is 0.00704. The normalized spacial score (nSPS) is 17.8. The van der Waals surface area contributed by atoms with E-state index in [-0.39, 0.29) is 5.91 Å². The van der Waals surface area contributed by atoms with Gasteiger partial charge in [-0.1, -0.05) is 42.5 Å². The lowest BCUT2D eigenvalue weighted by Crippen LogP contribution is -2.40. The van der Waals surface area contributed by atoms with Crippen molar-refractivity contribution in [3.8, 4) is 5.75 Å². The summed E-state index contributed by atoms with van der Waals surface area (Å²) in [5.41, 5.74) is 1.74. The Kier molecular flexibility index (Phi) is 2.95. The van der Waals surface area contributed by atoms with Crippen LogP contribution < -0.4 is 9.64 Å². The Balaban J connectivity index is 2.05. The number of para-hydroxylation sites is 2. The second-order valence-electron chi connectivity index (χ2n) is 4.46. The molecule has 3 rings (SSSR count). The van der Waals surface area contributed by atoms with Crippen LogP contribution in [0.2, 0.25) is 0 Å². The highest BCUT2D eigenvalue weighted by molar-refractivity contribution is 6.00. The highest BCUT2D eigenvalue weighted by Gasteiger charge is 2.34. The molecule has 0 aliphatic carbocycles. The van der Waals surface area contributed by atoms with E-state index in [0.717, 1.165) is 17.0 Å². The number of ether oxygens (including phenoxy) is 1. The molecule has 0 spiro atoms. The molecule has 1 unspecified atom stereocenters. The Morgan fingerprint density at radius 2 is 1.74 bits per heavy atom. The van der Waals surface area contributed by atoms with E-state index in [9.17, 15) is 4.79 Å². The van der Waals surface area contributed by atoms with Gasteiger partial charge >= 0.3 is 0 Å². The summed E-state index contributed by atoms with van der Waals surface area (Å²) in [6.45, 7) is 2.62. The molecule has 0 saturated heterocycles. The van der Waals surface area contributed by atoms with Crippen molar-refractivity contribution in [2.24, 2.45) is 0 Å². The van der Waals surface area contributed by atoms with Gasteiger partial charge in [-0.25, -0.2) is 0 Å². The van der Waals surface area contributed by atoms with Gasteiger partial charge in [0.05, 0.1) is 5.69 Å². The van der Waals surface area contributed by atoms with E-state index >= 15 is 0 Å². The van der Waals surface area contributed by atoms with E-state index in [1.807, 2.05) is 61.5 Å². The van der Waals surface area contributed by atoms with Crippen LogP contribution in [-0.4, -0.2) is 12.5 Å². The quantitative estimate of drug-likeness (QED) is 0.822. The summed E-state index contributed by atoms with van der Waals surface area (Å²) in [5.74, 6) is 0.755. The summed E-state index contributed by atoms with van der Waals surface area (Å²) in [4.78, 5) is 14.3. The van der Waals surface area contributed by atoms with Crippen molar-refractivity contribution in [1.29, 1.82) is 0 Å². The summed E-state index contributed by atoms with van der Waals surface area (Å²) in [6, 6.07) is 17.3. The number of fused-ring (bicyclic) bond motifs is 1. The number of carbonyl (C=O) groups is 1. The van der Waals surface area contributed by atoms with Crippen LogP contribution in [0, 0.1) is 0 Å². The minimum Gasteiger partial charge on any atom is -0.474 e. The number of amides is 1. The second-order valence-corrected chi connectivity index (χ2v) is 4.46. The maximum atomic E-state index is 12.5. The van der Waals surface area contributed by atoms with Crippen LogP contribution in [0.5, 0.6) is 5.75 Å². The van der Waals surface area contributed by atoms with Gasteiger partial charge in [-0.05, 0) is 19.1 Å². The van der Waals surface area contributed by atoms with Gasteiger partial charge in [0.2, 0.25) is 6.10 Å². The smallest absolute Gasteiger partial charge is 0.272 e. The molecule has 2 aromatic carbocycles. The minimum atomic E-state index is -0.545. The SMILES string of the molecule is CCN1C(=O)C(c2ccccc2)Oc2ccccc21. The van der Waals surface area contributed by atoms with Crippen LogP contribution in [0.3, 0.4) is 0 Å². The van der Waals surface area contributed by atoms with E-state index in [1.54, 1.807) is 4.90 Å². The van der Waals surface area contributed by atoms with Crippen molar-refractivity contribution >= 4 is 11.6 Å². The Bertz CT molecular complexity index is 595. The number of carbonyl (C=O) groups excluding carboxylic acids is 1. The average Bonchev–Trinajstić information content (AvgIpc) is 2.47. The molecule has 1 heterocycles.